The van der Waals surface area contributed by atoms with Gasteiger partial charge in [-0.25, -0.2) is 4.98 Å². The molecule has 0 radical (unpaired) electrons. The summed E-state index contributed by atoms with van der Waals surface area (Å²) in [7, 11) is 0. The fourth-order valence-electron chi connectivity index (χ4n) is 3.64. The lowest BCUT2D eigenvalue weighted by Crippen LogP contribution is -2.97. The monoisotopic (exact) mass is 372 g/mol. The number of piperidine rings is 1. The van der Waals surface area contributed by atoms with E-state index in [9.17, 15) is 22.8 Å². The van der Waals surface area contributed by atoms with E-state index >= 15 is 0 Å². The van der Waals surface area contributed by atoms with Crippen LogP contribution in [0.3, 0.4) is 0 Å². The van der Waals surface area contributed by atoms with Crippen molar-refractivity contribution in [3.8, 4) is 0 Å². The molecule has 2 aliphatic heterocycles. The number of nitrogens with two attached hydrogens (primary N) is 1. The molecular weight excluding hydrogens is 349 g/mol. The number of alkyl halides is 3. The van der Waals surface area contributed by atoms with Gasteiger partial charge in [-0.15, -0.1) is 0 Å². The zero-order chi connectivity index (χ0) is 18.9. The quantitative estimate of drug-likeness (QED) is 0.768. The largest absolute Gasteiger partial charge is 0.419 e. The second kappa shape index (κ2) is 7.22. The maximum Gasteiger partial charge on any atom is 0.419 e. The molecule has 0 bridgehead atoms. The molecular formula is C17H23F3N4O2+2. The van der Waals surface area contributed by atoms with E-state index in [1.54, 1.807) is 6.92 Å². The molecule has 3 rings (SSSR count). The summed E-state index contributed by atoms with van der Waals surface area (Å²) in [5.41, 5.74) is -0.700. The highest BCUT2D eigenvalue weighted by molar-refractivity contribution is 6.04. The number of hydrogen-bond donors (Lipinski definition) is 1. The molecule has 6 nitrogen and oxygen atoms in total. The number of H-pyrrole nitrogens is 1. The molecule has 0 spiro atoms. The fourth-order valence-corrected chi connectivity index (χ4v) is 3.64. The summed E-state index contributed by atoms with van der Waals surface area (Å²) in [5, 5.41) is 1.99. The van der Waals surface area contributed by atoms with Crippen molar-refractivity contribution in [2.75, 3.05) is 24.5 Å². The van der Waals surface area contributed by atoms with Crippen LogP contribution in [0.25, 0.3) is 0 Å². The third-order valence-electron chi connectivity index (χ3n) is 5.10. The fraction of sp³-hybridized carbons (Fsp3) is 0.588. The SMILES string of the molecule is CCN1C(=O)C[C@@H]([NH2+]C2CCN(c3ccc(C(F)(F)F)c[nH+]3)CC2)C1=O. The molecule has 2 aliphatic rings. The van der Waals surface area contributed by atoms with E-state index in [1.807, 2.05) is 10.2 Å². The summed E-state index contributed by atoms with van der Waals surface area (Å²) in [6.45, 7) is 3.58. The van der Waals surface area contributed by atoms with Gasteiger partial charge < -0.3 is 5.32 Å². The first kappa shape index (κ1) is 18.6. The number of quaternary nitrogens is 1. The zero-order valence-corrected chi connectivity index (χ0v) is 14.6. The molecule has 2 saturated heterocycles. The number of likely N-dealkylation sites (tertiary alicyclic amines) is 1. The number of carbonyl (C=O) groups excluding carboxylic acids is 2. The van der Waals surface area contributed by atoms with Crippen LogP contribution in [-0.4, -0.2) is 48.4 Å². The molecule has 3 N–H and O–H groups in total. The molecule has 2 amide bonds. The maximum atomic E-state index is 12.6. The van der Waals surface area contributed by atoms with Gasteiger partial charge in [0.1, 0.15) is 6.20 Å². The molecule has 1 aromatic rings. The van der Waals surface area contributed by atoms with Crippen LogP contribution in [0, 0.1) is 0 Å². The minimum absolute atomic E-state index is 0.115. The van der Waals surface area contributed by atoms with Crippen LogP contribution in [0.4, 0.5) is 19.0 Å². The van der Waals surface area contributed by atoms with E-state index < -0.39 is 11.7 Å². The van der Waals surface area contributed by atoms with E-state index in [0.717, 1.165) is 25.1 Å². The van der Waals surface area contributed by atoms with Crippen molar-refractivity contribution in [3.63, 3.8) is 0 Å². The Kier molecular flexibility index (Phi) is 5.17. The molecule has 1 atom stereocenters. The van der Waals surface area contributed by atoms with Crippen LogP contribution in [0.5, 0.6) is 0 Å². The third-order valence-corrected chi connectivity index (χ3v) is 5.10. The number of halogens is 3. The molecule has 3 heterocycles. The maximum absolute atomic E-state index is 12.6. The van der Waals surface area contributed by atoms with E-state index in [1.165, 1.54) is 11.0 Å². The molecule has 1 aromatic heterocycles. The average Bonchev–Trinajstić information content (AvgIpc) is 2.88. The molecule has 2 fully saturated rings. The highest BCUT2D eigenvalue weighted by Gasteiger charge is 2.42. The number of aromatic amines is 1. The predicted octanol–water partition coefficient (Wildman–Crippen LogP) is 0.199. The summed E-state index contributed by atoms with van der Waals surface area (Å²) in [6.07, 6.45) is -1.51. The normalized spacial score (nSPS) is 22.4. The Morgan fingerprint density at radius 2 is 1.92 bits per heavy atom. The second-order valence-electron chi connectivity index (χ2n) is 6.76. The predicted molar refractivity (Wildman–Crippen MR) is 86.0 cm³/mol. The van der Waals surface area contributed by atoms with Gasteiger partial charge in [0.2, 0.25) is 5.91 Å². The van der Waals surface area contributed by atoms with Crippen LogP contribution in [0.15, 0.2) is 18.3 Å². The van der Waals surface area contributed by atoms with E-state index in [0.29, 0.717) is 25.5 Å². The number of aromatic nitrogens is 1. The van der Waals surface area contributed by atoms with Crippen molar-refractivity contribution in [2.45, 2.75) is 44.4 Å². The number of nitrogens with zero attached hydrogens (tertiary/aromatic N) is 2. The number of nitrogens with one attached hydrogen (secondary N) is 1. The van der Waals surface area contributed by atoms with Gasteiger partial charge in [-0.05, 0) is 13.0 Å². The standard InChI is InChI=1S/C17H21F3N4O2/c1-2-24-15(25)9-13(16(24)26)22-12-5-7-23(8-6-12)14-4-3-11(10-21-14)17(18,19)20/h3-4,10,12-13,22H,2,5-9H2,1H3/p+2/t13-/m1/s1. The van der Waals surface area contributed by atoms with Crippen molar-refractivity contribution < 1.29 is 33.1 Å². The molecule has 26 heavy (non-hydrogen) atoms. The Morgan fingerprint density at radius 3 is 2.42 bits per heavy atom. The topological polar surface area (TPSA) is 71.4 Å². The Morgan fingerprint density at radius 1 is 1.23 bits per heavy atom. The lowest BCUT2D eigenvalue weighted by atomic mass is 10.0. The van der Waals surface area contributed by atoms with Crippen molar-refractivity contribution in [2.24, 2.45) is 0 Å². The minimum Gasteiger partial charge on any atom is -0.333 e. The third kappa shape index (κ3) is 3.82. The summed E-state index contributed by atoms with van der Waals surface area (Å²) < 4.78 is 37.9. The summed E-state index contributed by atoms with van der Waals surface area (Å²) >= 11 is 0. The smallest absolute Gasteiger partial charge is 0.333 e. The van der Waals surface area contributed by atoms with E-state index in [4.69, 9.17) is 0 Å². The first-order chi connectivity index (χ1) is 12.3. The number of pyridine rings is 1. The number of carbonyl (C=O) groups is 2. The lowest BCUT2D eigenvalue weighted by Gasteiger charge is -2.27. The van der Waals surface area contributed by atoms with Gasteiger partial charge in [-0.1, -0.05) is 0 Å². The molecule has 0 unspecified atom stereocenters. The first-order valence-corrected chi connectivity index (χ1v) is 8.82. The lowest BCUT2D eigenvalue weighted by molar-refractivity contribution is -0.709. The van der Waals surface area contributed by atoms with E-state index in [-0.39, 0.29) is 30.3 Å². The van der Waals surface area contributed by atoms with Gasteiger partial charge in [-0.2, -0.15) is 13.2 Å². The summed E-state index contributed by atoms with van der Waals surface area (Å²) in [4.78, 5) is 30.0. The number of imide groups is 1. The van der Waals surface area contributed by atoms with Gasteiger partial charge in [0.15, 0.2) is 6.04 Å². The molecule has 0 aliphatic carbocycles. The van der Waals surface area contributed by atoms with Gasteiger partial charge in [0, 0.05) is 25.5 Å². The molecule has 0 saturated carbocycles. The second-order valence-corrected chi connectivity index (χ2v) is 6.76. The van der Waals surface area contributed by atoms with Crippen LogP contribution in [0.1, 0.15) is 31.7 Å². The van der Waals surface area contributed by atoms with Crippen molar-refractivity contribution >= 4 is 17.6 Å². The number of rotatable bonds is 4. The zero-order valence-electron chi connectivity index (χ0n) is 14.6. The number of amides is 2. The number of hydrogen-bond acceptors (Lipinski definition) is 3. The van der Waals surface area contributed by atoms with Crippen LogP contribution >= 0.6 is 0 Å². The Bertz CT molecular complexity index is 670. The highest BCUT2D eigenvalue weighted by Crippen LogP contribution is 2.28. The van der Waals surface area contributed by atoms with E-state index in [2.05, 4.69) is 4.98 Å². The Labute approximate surface area is 149 Å². The summed E-state index contributed by atoms with van der Waals surface area (Å²) in [5.74, 6) is 0.423. The minimum atomic E-state index is -4.35. The molecule has 0 aromatic carbocycles. The average molecular weight is 372 g/mol. The van der Waals surface area contributed by atoms with Crippen molar-refractivity contribution in [1.82, 2.24) is 4.90 Å². The van der Waals surface area contributed by atoms with Gasteiger partial charge >= 0.3 is 6.18 Å². The number of likely N-dealkylation sites (N-methyl/N-ethyl adjacent to an activating group) is 1. The Hall–Kier alpha value is -2.16. The first-order valence-electron chi connectivity index (χ1n) is 8.82. The van der Waals surface area contributed by atoms with Gasteiger partial charge in [0.25, 0.3) is 11.7 Å². The summed E-state index contributed by atoms with van der Waals surface area (Å²) in [6, 6.07) is 2.42. The number of anilines is 1. The Balaban J connectivity index is 1.53. The van der Waals surface area contributed by atoms with Crippen LogP contribution in [-0.2, 0) is 15.8 Å². The van der Waals surface area contributed by atoms with Gasteiger partial charge in [0.05, 0.1) is 31.1 Å². The van der Waals surface area contributed by atoms with Crippen molar-refractivity contribution in [3.05, 3.63) is 23.9 Å². The van der Waals surface area contributed by atoms with Crippen LogP contribution in [0.2, 0.25) is 0 Å². The molecule has 142 valence electrons. The van der Waals surface area contributed by atoms with Gasteiger partial charge in [-0.3, -0.25) is 19.4 Å². The van der Waals surface area contributed by atoms with Crippen molar-refractivity contribution in [1.29, 1.82) is 0 Å². The molecule has 9 heteroatoms. The van der Waals surface area contributed by atoms with Crippen LogP contribution < -0.4 is 15.2 Å². The highest BCUT2D eigenvalue weighted by atomic mass is 19.4.